The molecule has 0 atom stereocenters. The van der Waals surface area contributed by atoms with Gasteiger partial charge in [0.15, 0.2) is 0 Å². The molecule has 3 rings (SSSR count). The third kappa shape index (κ3) is 4.54. The van der Waals surface area contributed by atoms with Gasteiger partial charge in [0.05, 0.1) is 11.3 Å². The summed E-state index contributed by atoms with van der Waals surface area (Å²) >= 11 is 3.30. The van der Waals surface area contributed by atoms with Gasteiger partial charge in [0.25, 0.3) is 0 Å². The van der Waals surface area contributed by atoms with Crippen LogP contribution in [0.4, 0.5) is 36.3 Å². The van der Waals surface area contributed by atoms with Crippen LogP contribution in [0.5, 0.6) is 0 Å². The van der Waals surface area contributed by atoms with E-state index in [2.05, 4.69) is 36.5 Å². The Bertz CT molecular complexity index is 997. The van der Waals surface area contributed by atoms with Crippen LogP contribution in [0.25, 0.3) is 0 Å². The standard InChI is InChI=1S/C18H11BrF3N5/c19-12-5-7-13(8-6-12)25-17-24-10-14(18(20,21)22)16(27-17)26-15-4-2-1-3-11(15)9-23/h1-8,10H,(H2,24,25,26,27). The van der Waals surface area contributed by atoms with Crippen LogP contribution in [0, 0.1) is 11.3 Å². The van der Waals surface area contributed by atoms with Crippen LogP contribution in [0.15, 0.2) is 59.2 Å². The van der Waals surface area contributed by atoms with Gasteiger partial charge in [-0.3, -0.25) is 0 Å². The molecule has 0 bridgehead atoms. The maximum absolute atomic E-state index is 13.3. The molecule has 9 heteroatoms. The number of aromatic nitrogens is 2. The largest absolute Gasteiger partial charge is 0.421 e. The number of nitrogens with one attached hydrogen (secondary N) is 2. The number of nitrogens with zero attached hydrogens (tertiary/aromatic N) is 3. The Kier molecular flexibility index (Phi) is 5.28. The average Bonchev–Trinajstić information content (AvgIpc) is 2.63. The number of para-hydroxylation sites is 1. The van der Waals surface area contributed by atoms with Crippen molar-refractivity contribution in [3.63, 3.8) is 0 Å². The highest BCUT2D eigenvalue weighted by Crippen LogP contribution is 2.35. The summed E-state index contributed by atoms with van der Waals surface area (Å²) in [4.78, 5) is 7.70. The lowest BCUT2D eigenvalue weighted by molar-refractivity contribution is -0.137. The van der Waals surface area contributed by atoms with Gasteiger partial charge in [0.2, 0.25) is 5.95 Å². The van der Waals surface area contributed by atoms with Crippen LogP contribution in [-0.2, 0) is 6.18 Å². The Morgan fingerprint density at radius 3 is 2.37 bits per heavy atom. The van der Waals surface area contributed by atoms with E-state index in [4.69, 9.17) is 5.26 Å². The Morgan fingerprint density at radius 2 is 1.70 bits per heavy atom. The molecule has 2 aromatic carbocycles. The lowest BCUT2D eigenvalue weighted by Crippen LogP contribution is -2.13. The maximum atomic E-state index is 13.3. The Balaban J connectivity index is 1.98. The molecule has 5 nitrogen and oxygen atoms in total. The van der Waals surface area contributed by atoms with Crippen LogP contribution >= 0.6 is 15.9 Å². The molecule has 0 aliphatic carbocycles. The summed E-state index contributed by atoms with van der Waals surface area (Å²) in [5.74, 6) is -0.456. The number of alkyl halides is 3. The zero-order chi connectivity index (χ0) is 19.4. The van der Waals surface area contributed by atoms with Crippen molar-refractivity contribution in [1.29, 1.82) is 5.26 Å². The van der Waals surface area contributed by atoms with Crippen molar-refractivity contribution in [2.75, 3.05) is 10.6 Å². The highest BCUT2D eigenvalue weighted by Gasteiger charge is 2.35. The van der Waals surface area contributed by atoms with Gasteiger partial charge < -0.3 is 10.6 Å². The molecule has 0 amide bonds. The van der Waals surface area contributed by atoms with E-state index in [-0.39, 0.29) is 17.2 Å². The normalized spacial score (nSPS) is 10.9. The molecule has 27 heavy (non-hydrogen) atoms. The van der Waals surface area contributed by atoms with Gasteiger partial charge >= 0.3 is 6.18 Å². The summed E-state index contributed by atoms with van der Waals surface area (Å²) in [6.07, 6.45) is -3.95. The molecule has 0 radical (unpaired) electrons. The number of halogens is 4. The number of hydrogen-bond donors (Lipinski definition) is 2. The molecule has 136 valence electrons. The first-order valence-corrected chi connectivity index (χ1v) is 8.39. The summed E-state index contributed by atoms with van der Waals surface area (Å²) in [5.41, 5.74) is 0.00313. The van der Waals surface area contributed by atoms with E-state index < -0.39 is 17.6 Å². The van der Waals surface area contributed by atoms with E-state index in [0.29, 0.717) is 11.9 Å². The molecule has 1 heterocycles. The van der Waals surface area contributed by atoms with Crippen molar-refractivity contribution in [2.24, 2.45) is 0 Å². The number of hydrogen-bond acceptors (Lipinski definition) is 5. The SMILES string of the molecule is N#Cc1ccccc1Nc1nc(Nc2ccc(Br)cc2)ncc1C(F)(F)F. The highest BCUT2D eigenvalue weighted by molar-refractivity contribution is 9.10. The van der Waals surface area contributed by atoms with Crippen molar-refractivity contribution in [2.45, 2.75) is 6.18 Å². The fraction of sp³-hybridized carbons (Fsp3) is 0.0556. The van der Waals surface area contributed by atoms with Crippen molar-refractivity contribution >= 4 is 39.1 Å². The van der Waals surface area contributed by atoms with Gasteiger partial charge in [0.1, 0.15) is 17.5 Å². The second-order valence-electron chi connectivity index (χ2n) is 5.37. The van der Waals surface area contributed by atoms with Crippen LogP contribution in [-0.4, -0.2) is 9.97 Å². The number of anilines is 4. The molecule has 0 aliphatic heterocycles. The molecular formula is C18H11BrF3N5. The van der Waals surface area contributed by atoms with E-state index in [1.807, 2.05) is 6.07 Å². The van der Waals surface area contributed by atoms with E-state index in [1.165, 1.54) is 12.1 Å². The maximum Gasteiger partial charge on any atom is 0.421 e. The Morgan fingerprint density at radius 1 is 1.00 bits per heavy atom. The smallest absolute Gasteiger partial charge is 0.338 e. The molecule has 0 fully saturated rings. The first-order valence-electron chi connectivity index (χ1n) is 7.60. The van der Waals surface area contributed by atoms with E-state index in [1.54, 1.807) is 36.4 Å². The predicted octanol–water partition coefficient (Wildman–Crippen LogP) is 5.62. The molecule has 0 aliphatic rings. The van der Waals surface area contributed by atoms with Crippen LogP contribution in [0.2, 0.25) is 0 Å². The van der Waals surface area contributed by atoms with Gasteiger partial charge in [-0.15, -0.1) is 0 Å². The topological polar surface area (TPSA) is 73.6 Å². The van der Waals surface area contributed by atoms with Gasteiger partial charge in [-0.2, -0.15) is 23.4 Å². The molecule has 3 aromatic rings. The average molecular weight is 434 g/mol. The first kappa shape index (κ1) is 18.7. The molecule has 1 aromatic heterocycles. The van der Waals surface area contributed by atoms with Crippen LogP contribution in [0.1, 0.15) is 11.1 Å². The molecule has 0 saturated carbocycles. The fourth-order valence-electron chi connectivity index (χ4n) is 2.22. The molecule has 0 saturated heterocycles. The van der Waals surface area contributed by atoms with Gasteiger partial charge in [0, 0.05) is 16.4 Å². The number of benzene rings is 2. The zero-order valence-corrected chi connectivity index (χ0v) is 15.1. The third-order valence-electron chi connectivity index (χ3n) is 3.50. The van der Waals surface area contributed by atoms with Gasteiger partial charge in [-0.05, 0) is 36.4 Å². The molecule has 2 N–H and O–H groups in total. The van der Waals surface area contributed by atoms with E-state index in [9.17, 15) is 13.2 Å². The van der Waals surface area contributed by atoms with E-state index >= 15 is 0 Å². The van der Waals surface area contributed by atoms with Gasteiger partial charge in [-0.25, -0.2) is 4.98 Å². The van der Waals surface area contributed by atoms with Crippen LogP contribution in [0.3, 0.4) is 0 Å². The summed E-state index contributed by atoms with van der Waals surface area (Å²) in [5, 5.41) is 14.6. The highest BCUT2D eigenvalue weighted by atomic mass is 79.9. The summed E-state index contributed by atoms with van der Waals surface area (Å²) < 4.78 is 40.8. The first-order chi connectivity index (χ1) is 12.9. The minimum absolute atomic E-state index is 0.0118. The van der Waals surface area contributed by atoms with Crippen LogP contribution < -0.4 is 10.6 Å². The minimum atomic E-state index is -4.65. The summed E-state index contributed by atoms with van der Waals surface area (Å²) in [6, 6.07) is 15.2. The second-order valence-corrected chi connectivity index (χ2v) is 6.28. The Labute approximate surface area is 161 Å². The quantitative estimate of drug-likeness (QED) is 0.558. The van der Waals surface area contributed by atoms with Gasteiger partial charge in [-0.1, -0.05) is 28.1 Å². The second kappa shape index (κ2) is 7.63. The van der Waals surface area contributed by atoms with Crippen molar-refractivity contribution in [1.82, 2.24) is 9.97 Å². The monoisotopic (exact) mass is 433 g/mol. The Hall–Kier alpha value is -3.12. The lowest BCUT2D eigenvalue weighted by atomic mass is 10.2. The fourth-order valence-corrected chi connectivity index (χ4v) is 2.49. The summed E-state index contributed by atoms with van der Waals surface area (Å²) in [6.45, 7) is 0. The summed E-state index contributed by atoms with van der Waals surface area (Å²) in [7, 11) is 0. The van der Waals surface area contributed by atoms with Crippen molar-refractivity contribution in [3.05, 3.63) is 70.3 Å². The van der Waals surface area contributed by atoms with Crippen molar-refractivity contribution in [3.8, 4) is 6.07 Å². The van der Waals surface area contributed by atoms with Crippen molar-refractivity contribution < 1.29 is 13.2 Å². The van der Waals surface area contributed by atoms with E-state index in [0.717, 1.165) is 4.47 Å². The lowest BCUT2D eigenvalue weighted by Gasteiger charge is -2.15. The third-order valence-corrected chi connectivity index (χ3v) is 4.02. The molecule has 0 spiro atoms. The molecular weight excluding hydrogens is 423 g/mol. The zero-order valence-electron chi connectivity index (χ0n) is 13.5. The minimum Gasteiger partial charge on any atom is -0.338 e. The number of nitriles is 1. The predicted molar refractivity (Wildman–Crippen MR) is 98.9 cm³/mol. The molecule has 0 unspecified atom stereocenters. The number of rotatable bonds is 4.